The average molecular weight is 1390 g/mol. The molecule has 0 fully saturated rings. The Kier molecular flexibility index (Phi) is 20.3. The van der Waals surface area contributed by atoms with Gasteiger partial charge in [0.1, 0.15) is 58.1 Å². The number of carbonyl (C=O) groups is 6. The Labute approximate surface area is 609 Å². The monoisotopic (exact) mass is 1390 g/mol. The number of benzene rings is 11. The zero-order valence-corrected chi connectivity index (χ0v) is 62.1. The topological polar surface area (TPSA) is 152 Å². The third-order valence-corrected chi connectivity index (χ3v) is 20.2. The number of carbonyl (C=O) groups excluding carboxylic acids is 6. The maximum absolute atomic E-state index is 16.6. The Morgan fingerprint density at radius 2 is 0.567 bits per heavy atom. The van der Waals surface area contributed by atoms with Gasteiger partial charge in [0.2, 0.25) is 11.8 Å². The highest BCUT2D eigenvalue weighted by Crippen LogP contribution is 2.58. The zero-order chi connectivity index (χ0) is 73.7. The smallest absolute Gasteiger partial charge is 0.262 e. The summed E-state index contributed by atoms with van der Waals surface area (Å²) in [4.78, 5) is 104. The summed E-state index contributed by atoms with van der Waals surface area (Å²) in [6, 6.07) is 53.7. The summed E-state index contributed by atoms with van der Waals surface area (Å²) >= 11 is 0. The van der Waals surface area contributed by atoms with Crippen molar-refractivity contribution in [2.24, 2.45) is 11.8 Å². The molecule has 0 saturated carbocycles. The summed E-state index contributed by atoms with van der Waals surface area (Å²) in [5.74, 6) is -1.14. The summed E-state index contributed by atoms with van der Waals surface area (Å²) in [6.45, 7) is 29.4. The van der Waals surface area contributed by atoms with Crippen LogP contribution in [0.15, 0.2) is 182 Å². The van der Waals surface area contributed by atoms with Gasteiger partial charge in [-0.05, 0) is 181 Å². The van der Waals surface area contributed by atoms with Crippen LogP contribution in [0.3, 0.4) is 0 Å². The molecule has 2 atom stereocenters. The first kappa shape index (κ1) is 71.5. The number of fused-ring (bicyclic) bond motifs is 2. The van der Waals surface area contributed by atoms with Crippen molar-refractivity contribution >= 4 is 89.9 Å². The zero-order valence-electron chi connectivity index (χ0n) is 62.1. The molecule has 0 bridgehead atoms. The lowest BCUT2D eigenvalue weighted by molar-refractivity contribution is -0.123. The first-order valence-electron chi connectivity index (χ1n) is 36.9. The first-order valence-corrected chi connectivity index (χ1v) is 36.9. The Balaban J connectivity index is 1.20. The molecule has 0 N–H and O–H groups in total. The number of hydrogen-bond donors (Lipinski definition) is 0. The number of ether oxygens (including phenoxy) is 4. The molecule has 0 radical (unpaired) electrons. The minimum absolute atomic E-state index is 0.0755. The lowest BCUT2D eigenvalue weighted by Crippen LogP contribution is -2.55. The summed E-state index contributed by atoms with van der Waals surface area (Å²) in [7, 11) is 0. The van der Waals surface area contributed by atoms with E-state index in [9.17, 15) is 0 Å². The lowest BCUT2D eigenvalue weighted by atomic mass is 9.80. The predicted molar refractivity (Wildman–Crippen MR) is 416 cm³/mol. The SMILES string of the molecule is CCCN(C(=O)C(CC(C)C)N1C(=O)c2cc(Oc3ccc(C(C)C)cc3)c3c4c(Oc5ccc(C(C)C)cc5)cc5c6c(cc(Oc7ccc(C(C)C)cc7)c(c7c(Oc8ccc(C(C)C)cc8)cc(c2c37)C1=O)c64)C(=O)N(C(CC(C)C)C(=O)N(CCC)c1ccccc1)C5=O)c1ccccc1. The highest BCUT2D eigenvalue weighted by molar-refractivity contribution is 6.45. The fourth-order valence-electron chi connectivity index (χ4n) is 14.9. The fourth-order valence-corrected chi connectivity index (χ4v) is 14.9. The Morgan fingerprint density at radius 1 is 0.327 bits per heavy atom. The van der Waals surface area contributed by atoms with Crippen molar-refractivity contribution in [1.82, 2.24) is 9.80 Å². The van der Waals surface area contributed by atoms with Crippen LogP contribution in [0.1, 0.15) is 210 Å². The number of nitrogens with zero attached hydrogens (tertiary/aromatic N) is 4. The van der Waals surface area contributed by atoms with Gasteiger partial charge in [-0.2, -0.15) is 0 Å². The van der Waals surface area contributed by atoms with E-state index in [0.29, 0.717) is 92.6 Å². The van der Waals surface area contributed by atoms with Gasteiger partial charge in [0, 0.05) is 67.6 Å². The Hall–Kier alpha value is -10.9. The van der Waals surface area contributed by atoms with Crippen LogP contribution in [0.25, 0.3) is 43.1 Å². The summed E-state index contributed by atoms with van der Waals surface area (Å²) in [5.41, 5.74) is 5.78. The van der Waals surface area contributed by atoms with Gasteiger partial charge in [-0.25, -0.2) is 0 Å². The number of imide groups is 2. The second kappa shape index (κ2) is 29.5. The van der Waals surface area contributed by atoms with Gasteiger partial charge in [0.05, 0.1) is 22.3 Å². The van der Waals surface area contributed by atoms with Crippen LogP contribution in [-0.4, -0.2) is 70.4 Å². The molecule has 11 aromatic rings. The second-order valence-corrected chi connectivity index (χ2v) is 29.9. The molecule has 0 aliphatic carbocycles. The minimum Gasteiger partial charge on any atom is -0.457 e. The summed E-state index contributed by atoms with van der Waals surface area (Å²) in [5, 5.41) is 2.58. The van der Waals surface area contributed by atoms with E-state index in [1.807, 2.05) is 199 Å². The third-order valence-electron chi connectivity index (χ3n) is 20.2. The molecule has 532 valence electrons. The van der Waals surface area contributed by atoms with Gasteiger partial charge < -0.3 is 28.7 Å². The Bertz CT molecular complexity index is 4530. The molecule has 13 rings (SSSR count). The first-order chi connectivity index (χ1) is 50.0. The number of anilines is 2. The fraction of sp³-hybridized carbons (Fsp3) is 0.311. The van der Waals surface area contributed by atoms with E-state index in [1.54, 1.807) is 34.1 Å². The molecule has 2 heterocycles. The molecule has 6 amide bonds. The van der Waals surface area contributed by atoms with Crippen LogP contribution in [0.2, 0.25) is 0 Å². The second-order valence-electron chi connectivity index (χ2n) is 29.9. The molecular formula is C90H92N4O10. The average Bonchev–Trinajstić information content (AvgIpc) is 0.671. The minimum atomic E-state index is -1.28. The van der Waals surface area contributed by atoms with Gasteiger partial charge in [-0.3, -0.25) is 38.6 Å². The molecule has 0 aromatic heterocycles. The molecule has 0 saturated heterocycles. The summed E-state index contributed by atoms with van der Waals surface area (Å²) < 4.78 is 29.5. The van der Waals surface area contributed by atoms with E-state index >= 15 is 28.8 Å². The van der Waals surface area contributed by atoms with E-state index in [0.717, 1.165) is 32.1 Å². The maximum Gasteiger partial charge on any atom is 0.262 e. The number of rotatable bonds is 26. The standard InChI is InChI=1S/C90H92N4O10/c1-15-43-91(61-23-19-17-20-24-61)89(99)71(45-51(3)4)93-85(95)67-47-73(101-63-35-27-57(28-36-63)53(7)8)79-81-75(103-65-39-31-59(32-40-65)55(11)12)49-69-78-70(88(98)94(87(69)97)72(46-52(5)6)90(100)92(44-16-2)62-25-21-18-22-26-62)50-76(104-66-41-33-60(34-42-66)56(13)14)82(84(78)81)80-74(48-68(86(93)96)77(67)83(79)80)102-64-37-29-58(30-38-64)54(9)10/h17-42,47-56,71-72H,15-16,43-46H2,1-14H3. The normalized spacial score (nSPS) is 13.7. The molecule has 0 spiro atoms. The van der Waals surface area contributed by atoms with E-state index in [1.165, 1.54) is 0 Å². The van der Waals surface area contributed by atoms with E-state index in [4.69, 9.17) is 18.9 Å². The van der Waals surface area contributed by atoms with Crippen molar-refractivity contribution < 1.29 is 47.7 Å². The largest absolute Gasteiger partial charge is 0.457 e. The molecule has 2 aliphatic heterocycles. The van der Waals surface area contributed by atoms with Crippen LogP contribution in [-0.2, 0) is 9.59 Å². The van der Waals surface area contributed by atoms with Gasteiger partial charge in [0.15, 0.2) is 0 Å². The lowest BCUT2D eigenvalue weighted by Gasteiger charge is -2.38. The van der Waals surface area contributed by atoms with Crippen molar-refractivity contribution in [2.45, 2.75) is 158 Å². The molecule has 2 aliphatic rings. The van der Waals surface area contributed by atoms with Crippen molar-refractivity contribution in [1.29, 1.82) is 0 Å². The quantitative estimate of drug-likeness (QED) is 0.0291. The molecule has 104 heavy (non-hydrogen) atoms. The highest BCUT2D eigenvalue weighted by atomic mass is 16.5. The number of amides is 6. The summed E-state index contributed by atoms with van der Waals surface area (Å²) in [6.07, 6.45) is 1.46. The predicted octanol–water partition coefficient (Wildman–Crippen LogP) is 22.3. The Morgan fingerprint density at radius 3 is 0.779 bits per heavy atom. The van der Waals surface area contributed by atoms with Gasteiger partial charge in [0.25, 0.3) is 23.6 Å². The van der Waals surface area contributed by atoms with Gasteiger partial charge in [-0.1, -0.05) is 182 Å². The van der Waals surface area contributed by atoms with Crippen LogP contribution >= 0.6 is 0 Å². The molecular weight excluding hydrogens is 1300 g/mol. The molecule has 11 aromatic carbocycles. The van der Waals surface area contributed by atoms with Gasteiger partial charge >= 0.3 is 0 Å². The van der Waals surface area contributed by atoms with Gasteiger partial charge in [-0.15, -0.1) is 0 Å². The van der Waals surface area contributed by atoms with Crippen LogP contribution < -0.4 is 28.7 Å². The highest BCUT2D eigenvalue weighted by Gasteiger charge is 2.48. The number of para-hydroxylation sites is 2. The molecule has 14 heteroatoms. The van der Waals surface area contributed by atoms with E-state index < -0.39 is 47.5 Å². The van der Waals surface area contributed by atoms with Crippen LogP contribution in [0, 0.1) is 11.8 Å². The van der Waals surface area contributed by atoms with E-state index in [2.05, 4.69) is 55.4 Å². The van der Waals surface area contributed by atoms with Crippen LogP contribution in [0.5, 0.6) is 46.0 Å². The van der Waals surface area contributed by atoms with Crippen molar-refractivity contribution in [2.75, 3.05) is 22.9 Å². The van der Waals surface area contributed by atoms with Crippen molar-refractivity contribution in [3.63, 3.8) is 0 Å². The number of hydrogen-bond acceptors (Lipinski definition) is 10. The maximum atomic E-state index is 16.6. The van der Waals surface area contributed by atoms with Crippen molar-refractivity contribution in [3.05, 3.63) is 226 Å². The van der Waals surface area contributed by atoms with Crippen LogP contribution in [0.4, 0.5) is 11.4 Å². The van der Waals surface area contributed by atoms with E-state index in [-0.39, 0.29) is 104 Å². The molecule has 2 unspecified atom stereocenters. The van der Waals surface area contributed by atoms with Crippen molar-refractivity contribution in [3.8, 4) is 46.0 Å². The molecule has 14 nitrogen and oxygen atoms in total. The third kappa shape index (κ3) is 13.4.